The van der Waals surface area contributed by atoms with Crippen LogP contribution in [0.25, 0.3) is 10.8 Å². The number of hydrogen-bond donors (Lipinski definition) is 2. The molecule has 0 aromatic heterocycles. The minimum Gasteiger partial charge on any atom is -0.459 e. The highest BCUT2D eigenvalue weighted by Gasteiger charge is 2.34. The molecule has 5 rings (SSSR count). The number of benzene rings is 5. The Balaban J connectivity index is 1.54. The first kappa shape index (κ1) is 43.7. The van der Waals surface area contributed by atoms with Gasteiger partial charge in [-0.2, -0.15) is 0 Å². The maximum atomic E-state index is 14.3. The zero-order valence-corrected chi connectivity index (χ0v) is 33.8. The van der Waals surface area contributed by atoms with Crippen LogP contribution in [-0.2, 0) is 35.0 Å². The molecule has 59 heavy (non-hydrogen) atoms. The summed E-state index contributed by atoms with van der Waals surface area (Å²) in [7, 11) is 0. The van der Waals surface area contributed by atoms with Crippen molar-refractivity contribution in [3.63, 3.8) is 0 Å². The summed E-state index contributed by atoms with van der Waals surface area (Å²) < 4.78 is 16.9. The molecular weight excluding hydrogens is 751 g/mol. The van der Waals surface area contributed by atoms with Gasteiger partial charge in [0.1, 0.15) is 5.60 Å². The van der Waals surface area contributed by atoms with Crippen LogP contribution in [0.5, 0.6) is 0 Å². The predicted octanol–water partition coefficient (Wildman–Crippen LogP) is 7.81. The van der Waals surface area contributed by atoms with Crippen molar-refractivity contribution in [1.82, 2.24) is 4.90 Å². The number of carbonyl (C=O) groups is 5. The molecule has 0 spiro atoms. The van der Waals surface area contributed by atoms with Crippen LogP contribution in [0, 0.1) is 0 Å². The van der Waals surface area contributed by atoms with E-state index >= 15 is 0 Å². The summed E-state index contributed by atoms with van der Waals surface area (Å²) in [5.41, 5.74) is 8.13. The zero-order valence-electron chi connectivity index (χ0n) is 33.8. The zero-order chi connectivity index (χ0) is 42.5. The molecule has 0 unspecified atom stereocenters. The lowest BCUT2D eigenvalue weighted by atomic mass is 9.96. The molecule has 0 aliphatic carbocycles. The van der Waals surface area contributed by atoms with E-state index in [0.29, 0.717) is 35.6 Å². The number of amides is 3. The standard InChI is InChI=1S/C47H51N3O9/c1-5-57-45(55)43(53)50(39-26-16-15-25-37(39)44(54)58-41(32-19-9-6-10-20-32)33-21-11-7-12-22-33)40-28-27-34(35-23-13-14-24-36(35)40)31-38(48)42(52)49(29-17-8-18-30-51)46(56)59-47(2,3)4/h6-7,9-16,19-28,38,41,51H,5,8,17-18,29-31,48H2,1-4H3/t38-/m0/s1. The van der Waals surface area contributed by atoms with Gasteiger partial charge in [-0.15, -0.1) is 0 Å². The Morgan fingerprint density at radius 3 is 1.92 bits per heavy atom. The van der Waals surface area contributed by atoms with E-state index in [1.54, 1.807) is 82.3 Å². The summed E-state index contributed by atoms with van der Waals surface area (Å²) in [4.78, 5) is 70.9. The molecule has 5 aromatic rings. The topological polar surface area (TPSA) is 166 Å². The van der Waals surface area contributed by atoms with Crippen molar-refractivity contribution in [1.29, 1.82) is 0 Å². The first-order valence-electron chi connectivity index (χ1n) is 19.7. The molecule has 0 aliphatic rings. The van der Waals surface area contributed by atoms with Gasteiger partial charge in [0.2, 0.25) is 5.91 Å². The minimum absolute atomic E-state index is 0.00462. The van der Waals surface area contributed by atoms with Crippen LogP contribution in [0.2, 0.25) is 0 Å². The molecule has 1 atom stereocenters. The van der Waals surface area contributed by atoms with Gasteiger partial charge in [0, 0.05) is 18.5 Å². The van der Waals surface area contributed by atoms with Crippen LogP contribution in [0.3, 0.4) is 0 Å². The molecule has 308 valence electrons. The first-order valence-corrected chi connectivity index (χ1v) is 19.7. The molecule has 12 heteroatoms. The third-order valence-corrected chi connectivity index (χ3v) is 9.36. The molecule has 5 aromatic carbocycles. The van der Waals surface area contributed by atoms with Gasteiger partial charge in [-0.05, 0) is 93.7 Å². The molecule has 0 radical (unpaired) electrons. The van der Waals surface area contributed by atoms with Crippen LogP contribution in [0.15, 0.2) is 121 Å². The van der Waals surface area contributed by atoms with Gasteiger partial charge in [-0.3, -0.25) is 14.5 Å². The van der Waals surface area contributed by atoms with Crippen molar-refractivity contribution in [3.8, 4) is 0 Å². The SMILES string of the molecule is CCOC(=O)C(=O)N(c1ccccc1C(=O)OC(c1ccccc1)c1ccccc1)c1ccc(C[C@H](N)C(=O)N(CCCCCO)C(=O)OC(C)(C)C)c2ccccc12. The van der Waals surface area contributed by atoms with Gasteiger partial charge in [0.25, 0.3) is 0 Å². The number of aliphatic hydroxyl groups excluding tert-OH is 1. The summed E-state index contributed by atoms with van der Waals surface area (Å²) >= 11 is 0. The monoisotopic (exact) mass is 801 g/mol. The number of anilines is 2. The Morgan fingerprint density at radius 2 is 1.31 bits per heavy atom. The number of aliphatic hydroxyl groups is 1. The third kappa shape index (κ3) is 11.2. The van der Waals surface area contributed by atoms with Crippen LogP contribution in [0.1, 0.15) is 80.1 Å². The van der Waals surface area contributed by atoms with Gasteiger partial charge < -0.3 is 25.1 Å². The average Bonchev–Trinajstić information content (AvgIpc) is 3.23. The Morgan fingerprint density at radius 1 is 0.712 bits per heavy atom. The van der Waals surface area contributed by atoms with Gasteiger partial charge in [0.15, 0.2) is 6.10 Å². The number of carbonyl (C=O) groups excluding carboxylic acids is 5. The number of fused-ring (bicyclic) bond motifs is 1. The number of imide groups is 1. The molecular formula is C47H51N3O9. The Hall–Kier alpha value is -6.37. The molecule has 0 saturated carbocycles. The highest BCUT2D eigenvalue weighted by atomic mass is 16.6. The van der Waals surface area contributed by atoms with E-state index in [2.05, 4.69) is 0 Å². The molecule has 0 fully saturated rings. The number of unbranched alkanes of at least 4 members (excludes halogenated alkanes) is 2. The molecule has 12 nitrogen and oxygen atoms in total. The number of nitrogens with zero attached hydrogens (tertiary/aromatic N) is 2. The Bertz CT molecular complexity index is 2200. The van der Waals surface area contributed by atoms with Gasteiger partial charge in [0.05, 0.1) is 29.6 Å². The quantitative estimate of drug-likeness (QED) is 0.0462. The van der Waals surface area contributed by atoms with Crippen molar-refractivity contribution in [2.24, 2.45) is 5.73 Å². The normalized spacial score (nSPS) is 11.8. The van der Waals surface area contributed by atoms with Crippen molar-refractivity contribution in [2.75, 3.05) is 24.7 Å². The molecule has 3 amide bonds. The summed E-state index contributed by atoms with van der Waals surface area (Å²) in [5, 5.41) is 10.3. The van der Waals surface area contributed by atoms with E-state index in [9.17, 15) is 29.1 Å². The van der Waals surface area contributed by atoms with E-state index < -0.39 is 47.6 Å². The van der Waals surface area contributed by atoms with E-state index in [0.717, 1.165) is 20.9 Å². The number of ether oxygens (including phenoxy) is 3. The third-order valence-electron chi connectivity index (χ3n) is 9.36. The highest BCUT2D eigenvalue weighted by Crippen LogP contribution is 2.38. The lowest BCUT2D eigenvalue weighted by Crippen LogP contribution is -2.49. The average molecular weight is 802 g/mol. The smallest absolute Gasteiger partial charge is 0.417 e. The molecule has 3 N–H and O–H groups in total. The van der Waals surface area contributed by atoms with E-state index in [4.69, 9.17) is 19.9 Å². The molecule has 0 heterocycles. The van der Waals surface area contributed by atoms with Crippen LogP contribution in [-0.4, -0.2) is 71.3 Å². The predicted molar refractivity (Wildman–Crippen MR) is 225 cm³/mol. The van der Waals surface area contributed by atoms with Gasteiger partial charge in [-0.25, -0.2) is 19.3 Å². The summed E-state index contributed by atoms with van der Waals surface area (Å²) in [6.45, 7) is 6.69. The maximum absolute atomic E-state index is 14.3. The molecule has 0 aliphatic heterocycles. The second-order valence-electron chi connectivity index (χ2n) is 14.8. The summed E-state index contributed by atoms with van der Waals surface area (Å²) in [6.07, 6.45) is -0.0343. The van der Waals surface area contributed by atoms with Crippen molar-refractivity contribution < 1.29 is 43.3 Å². The first-order chi connectivity index (χ1) is 28.3. The van der Waals surface area contributed by atoms with Crippen molar-refractivity contribution >= 4 is 52.0 Å². The number of nitrogens with two attached hydrogens (primary N) is 1. The van der Waals surface area contributed by atoms with E-state index in [1.807, 2.05) is 60.7 Å². The summed E-state index contributed by atoms with van der Waals surface area (Å²) in [5.74, 6) is -3.55. The molecule has 0 saturated heterocycles. The van der Waals surface area contributed by atoms with Crippen molar-refractivity contribution in [3.05, 3.63) is 144 Å². The largest absolute Gasteiger partial charge is 0.459 e. The fourth-order valence-electron chi connectivity index (χ4n) is 6.64. The van der Waals surface area contributed by atoms with Gasteiger partial charge in [-0.1, -0.05) is 103 Å². The van der Waals surface area contributed by atoms with Crippen molar-refractivity contribution in [2.45, 2.75) is 71.1 Å². The van der Waals surface area contributed by atoms with Crippen LogP contribution >= 0.6 is 0 Å². The second-order valence-corrected chi connectivity index (χ2v) is 14.8. The highest BCUT2D eigenvalue weighted by molar-refractivity contribution is 6.41. The fourth-order valence-corrected chi connectivity index (χ4v) is 6.64. The second kappa shape index (κ2) is 20.4. The minimum atomic E-state index is -1.16. The number of esters is 2. The van der Waals surface area contributed by atoms with Crippen LogP contribution in [0.4, 0.5) is 16.2 Å². The van der Waals surface area contributed by atoms with E-state index in [1.165, 1.54) is 6.07 Å². The fraction of sp³-hybridized carbons (Fsp3) is 0.298. The maximum Gasteiger partial charge on any atom is 0.417 e. The Kier molecular flexibility index (Phi) is 15.1. The number of hydrogen-bond acceptors (Lipinski definition) is 10. The van der Waals surface area contributed by atoms with Crippen LogP contribution < -0.4 is 10.6 Å². The van der Waals surface area contributed by atoms with Gasteiger partial charge >= 0.3 is 23.9 Å². The Labute approximate surface area is 344 Å². The van der Waals surface area contributed by atoms with E-state index in [-0.39, 0.29) is 43.1 Å². The summed E-state index contributed by atoms with van der Waals surface area (Å²) in [6, 6.07) is 34.2. The lowest BCUT2D eigenvalue weighted by molar-refractivity contribution is -0.152. The number of rotatable bonds is 15. The molecule has 0 bridgehead atoms. The lowest BCUT2D eigenvalue weighted by Gasteiger charge is -2.28. The number of para-hydroxylation sites is 1.